The third kappa shape index (κ3) is 5.84. The maximum absolute atomic E-state index is 12.3. The molecule has 2 N–H and O–H groups in total. The van der Waals surface area contributed by atoms with E-state index in [1.165, 1.54) is 24.1 Å². The zero-order valence-corrected chi connectivity index (χ0v) is 12.5. The number of amides is 2. The van der Waals surface area contributed by atoms with Crippen molar-refractivity contribution in [1.29, 1.82) is 0 Å². The summed E-state index contributed by atoms with van der Waals surface area (Å²) in [6.07, 6.45) is -4.27. The SMILES string of the molecule is CC(CO)N(C)C(=O)Nc1ccccc1SCC(F)(F)F. The molecular formula is C13H17F3N2O2S. The molecular weight excluding hydrogens is 305 g/mol. The Hall–Kier alpha value is -1.41. The van der Waals surface area contributed by atoms with Crippen LogP contribution in [-0.4, -0.2) is 47.7 Å². The molecule has 8 heteroatoms. The summed E-state index contributed by atoms with van der Waals surface area (Å²) < 4.78 is 36.8. The number of hydrogen-bond acceptors (Lipinski definition) is 3. The fourth-order valence-corrected chi connectivity index (χ4v) is 2.15. The van der Waals surface area contributed by atoms with E-state index in [-0.39, 0.29) is 12.6 Å². The number of carbonyl (C=O) groups is 1. The number of halogens is 3. The Bertz CT molecular complexity index is 483. The molecule has 118 valence electrons. The van der Waals surface area contributed by atoms with Crippen LogP contribution in [0.1, 0.15) is 6.92 Å². The van der Waals surface area contributed by atoms with Gasteiger partial charge in [0, 0.05) is 11.9 Å². The Balaban J connectivity index is 2.77. The van der Waals surface area contributed by atoms with Crippen molar-refractivity contribution in [3.8, 4) is 0 Å². The first kappa shape index (κ1) is 17.6. The first-order valence-corrected chi connectivity index (χ1v) is 7.16. The summed E-state index contributed by atoms with van der Waals surface area (Å²) in [6, 6.07) is 5.41. The molecule has 4 nitrogen and oxygen atoms in total. The minimum atomic E-state index is -4.27. The standard InChI is InChI=1S/C13H17F3N2O2S/c1-9(7-19)18(2)12(20)17-10-5-3-4-6-11(10)21-8-13(14,15)16/h3-6,9,19H,7-8H2,1-2H3,(H,17,20). The van der Waals surface area contributed by atoms with E-state index in [4.69, 9.17) is 5.11 Å². The van der Waals surface area contributed by atoms with Crippen molar-refractivity contribution in [2.45, 2.75) is 24.0 Å². The van der Waals surface area contributed by atoms with Gasteiger partial charge in [0.1, 0.15) is 0 Å². The van der Waals surface area contributed by atoms with Gasteiger partial charge in [-0.05, 0) is 19.1 Å². The first-order valence-electron chi connectivity index (χ1n) is 6.18. The van der Waals surface area contributed by atoms with E-state index in [9.17, 15) is 18.0 Å². The van der Waals surface area contributed by atoms with Crippen molar-refractivity contribution in [3.63, 3.8) is 0 Å². The summed E-state index contributed by atoms with van der Waals surface area (Å²) in [4.78, 5) is 13.6. The lowest BCUT2D eigenvalue weighted by atomic mass is 10.3. The summed E-state index contributed by atoms with van der Waals surface area (Å²) in [5.74, 6) is -1.03. The van der Waals surface area contributed by atoms with Crippen molar-refractivity contribution in [2.75, 3.05) is 24.7 Å². The van der Waals surface area contributed by atoms with E-state index in [2.05, 4.69) is 5.32 Å². The molecule has 0 aliphatic rings. The Morgan fingerprint density at radius 3 is 2.62 bits per heavy atom. The maximum Gasteiger partial charge on any atom is 0.398 e. The number of benzene rings is 1. The normalized spacial score (nSPS) is 12.9. The fraction of sp³-hybridized carbons (Fsp3) is 0.462. The topological polar surface area (TPSA) is 52.6 Å². The van der Waals surface area contributed by atoms with E-state index in [0.717, 1.165) is 0 Å². The van der Waals surface area contributed by atoms with Gasteiger partial charge in [0.05, 0.1) is 24.1 Å². The Morgan fingerprint density at radius 1 is 1.43 bits per heavy atom. The molecule has 0 aromatic heterocycles. The number of rotatable bonds is 5. The van der Waals surface area contributed by atoms with E-state index >= 15 is 0 Å². The van der Waals surface area contributed by atoms with Crippen LogP contribution in [0.15, 0.2) is 29.2 Å². The predicted molar refractivity (Wildman–Crippen MR) is 76.6 cm³/mol. The van der Waals surface area contributed by atoms with Crippen LogP contribution in [0.3, 0.4) is 0 Å². The van der Waals surface area contributed by atoms with Gasteiger partial charge >= 0.3 is 12.2 Å². The molecule has 2 amide bonds. The molecule has 1 rings (SSSR count). The summed E-state index contributed by atoms with van der Waals surface area (Å²) in [5.41, 5.74) is 0.314. The number of carbonyl (C=O) groups excluding carboxylic acids is 1. The molecule has 1 unspecified atom stereocenters. The molecule has 1 atom stereocenters. The molecule has 0 saturated carbocycles. The Labute approximate surface area is 125 Å². The molecule has 0 aliphatic heterocycles. The van der Waals surface area contributed by atoms with Crippen molar-refractivity contribution in [1.82, 2.24) is 4.90 Å². The fourth-order valence-electron chi connectivity index (χ4n) is 1.38. The lowest BCUT2D eigenvalue weighted by molar-refractivity contribution is -0.105. The zero-order chi connectivity index (χ0) is 16.0. The summed E-state index contributed by atoms with van der Waals surface area (Å²) in [5, 5.41) is 11.5. The largest absolute Gasteiger partial charge is 0.398 e. The summed E-state index contributed by atoms with van der Waals surface area (Å²) in [7, 11) is 1.50. The van der Waals surface area contributed by atoms with E-state index in [1.54, 1.807) is 19.1 Å². The second-order valence-corrected chi connectivity index (χ2v) is 5.49. The van der Waals surface area contributed by atoms with Crippen LogP contribution < -0.4 is 5.32 Å². The van der Waals surface area contributed by atoms with Crippen LogP contribution in [0.2, 0.25) is 0 Å². The van der Waals surface area contributed by atoms with Gasteiger partial charge in [0.15, 0.2) is 0 Å². The van der Waals surface area contributed by atoms with Gasteiger partial charge in [-0.1, -0.05) is 12.1 Å². The maximum atomic E-state index is 12.3. The Kier molecular flexibility index (Phi) is 6.35. The van der Waals surface area contributed by atoms with E-state index in [0.29, 0.717) is 22.3 Å². The van der Waals surface area contributed by atoms with Crippen LogP contribution >= 0.6 is 11.8 Å². The number of anilines is 1. The molecule has 0 fully saturated rings. The lowest BCUT2D eigenvalue weighted by Crippen LogP contribution is -2.40. The summed E-state index contributed by atoms with van der Waals surface area (Å²) >= 11 is 0.614. The smallest absolute Gasteiger partial charge is 0.394 e. The van der Waals surface area contributed by atoms with Crippen molar-refractivity contribution < 1.29 is 23.1 Å². The number of alkyl halides is 3. The van der Waals surface area contributed by atoms with Gasteiger partial charge in [-0.15, -0.1) is 11.8 Å². The van der Waals surface area contributed by atoms with Crippen molar-refractivity contribution >= 4 is 23.5 Å². The number of urea groups is 1. The highest BCUT2D eigenvalue weighted by molar-refractivity contribution is 7.99. The highest BCUT2D eigenvalue weighted by Crippen LogP contribution is 2.32. The predicted octanol–water partition coefficient (Wildman–Crippen LogP) is 3.19. The van der Waals surface area contributed by atoms with Gasteiger partial charge in [0.25, 0.3) is 0 Å². The van der Waals surface area contributed by atoms with Gasteiger partial charge in [0.2, 0.25) is 0 Å². The molecule has 0 aliphatic carbocycles. The molecule has 1 aromatic rings. The second kappa shape index (κ2) is 7.56. The molecule has 21 heavy (non-hydrogen) atoms. The van der Waals surface area contributed by atoms with Gasteiger partial charge in [-0.25, -0.2) is 4.79 Å². The molecule has 0 spiro atoms. The number of likely N-dealkylation sites (N-methyl/N-ethyl adjacent to an activating group) is 1. The number of para-hydroxylation sites is 1. The molecule has 0 heterocycles. The van der Waals surface area contributed by atoms with Crippen LogP contribution in [0.25, 0.3) is 0 Å². The van der Waals surface area contributed by atoms with E-state index in [1.807, 2.05) is 0 Å². The molecule has 0 bridgehead atoms. The van der Waals surface area contributed by atoms with Crippen LogP contribution in [0.4, 0.5) is 23.7 Å². The number of nitrogens with zero attached hydrogens (tertiary/aromatic N) is 1. The number of hydrogen-bond donors (Lipinski definition) is 2. The van der Waals surface area contributed by atoms with Crippen molar-refractivity contribution in [3.05, 3.63) is 24.3 Å². The minimum absolute atomic E-state index is 0.200. The molecule has 0 radical (unpaired) electrons. The number of aliphatic hydroxyl groups is 1. The minimum Gasteiger partial charge on any atom is -0.394 e. The highest BCUT2D eigenvalue weighted by Gasteiger charge is 2.28. The third-order valence-electron chi connectivity index (χ3n) is 2.77. The highest BCUT2D eigenvalue weighted by atomic mass is 32.2. The Morgan fingerprint density at radius 2 is 2.05 bits per heavy atom. The zero-order valence-electron chi connectivity index (χ0n) is 11.6. The van der Waals surface area contributed by atoms with Crippen LogP contribution in [0, 0.1) is 0 Å². The monoisotopic (exact) mass is 322 g/mol. The van der Waals surface area contributed by atoms with Gasteiger partial charge in [-0.3, -0.25) is 0 Å². The third-order valence-corrected chi connectivity index (χ3v) is 3.90. The number of nitrogens with one attached hydrogen (secondary N) is 1. The molecule has 1 aromatic carbocycles. The van der Waals surface area contributed by atoms with Gasteiger partial charge in [-0.2, -0.15) is 13.2 Å². The van der Waals surface area contributed by atoms with Crippen LogP contribution in [-0.2, 0) is 0 Å². The average Bonchev–Trinajstić information content (AvgIpc) is 2.43. The van der Waals surface area contributed by atoms with Crippen LogP contribution in [0.5, 0.6) is 0 Å². The number of aliphatic hydroxyl groups excluding tert-OH is 1. The second-order valence-electron chi connectivity index (χ2n) is 4.47. The molecule has 0 saturated heterocycles. The average molecular weight is 322 g/mol. The quantitative estimate of drug-likeness (QED) is 0.819. The lowest BCUT2D eigenvalue weighted by Gasteiger charge is -2.24. The summed E-state index contributed by atoms with van der Waals surface area (Å²) in [6.45, 7) is 1.46. The number of thioether (sulfide) groups is 1. The van der Waals surface area contributed by atoms with Gasteiger partial charge < -0.3 is 15.3 Å². The van der Waals surface area contributed by atoms with Crippen molar-refractivity contribution in [2.24, 2.45) is 0 Å². The van der Waals surface area contributed by atoms with E-state index < -0.39 is 18.0 Å². The first-order chi connectivity index (χ1) is 9.74.